The molecule has 0 aliphatic rings. The molecule has 6 nitrogen and oxygen atoms in total. The Kier molecular flexibility index (Phi) is 10.2. The van der Waals surface area contributed by atoms with Crippen LogP contribution in [0.2, 0.25) is 0 Å². The molecule has 3 aromatic carbocycles. The fourth-order valence-corrected chi connectivity index (χ4v) is 4.26. The Morgan fingerprint density at radius 2 is 0.972 bits per heavy atom. The molecule has 3 rings (SSSR count). The number of nitrogens with zero attached hydrogens (tertiary/aromatic N) is 2. The standard InChI is InChI=1S/C30H38N4O2/c1-5-25-11-7-9-13-27(25)31-29(35)21-33(3)19-23-15-17-24(18-16-23)20-34(4)22-30(36)32-28-14-10-8-12-26(28)6-2/h7-18H,5-6,19-22H2,1-4H3,(H,31,35)(H,32,36). The molecular weight excluding hydrogens is 448 g/mol. The lowest BCUT2D eigenvalue weighted by Crippen LogP contribution is -2.30. The number of nitrogens with one attached hydrogen (secondary N) is 2. The highest BCUT2D eigenvalue weighted by atomic mass is 16.2. The zero-order valence-electron chi connectivity index (χ0n) is 21.9. The molecule has 0 aromatic heterocycles. The van der Waals surface area contributed by atoms with Crippen molar-refractivity contribution in [1.29, 1.82) is 0 Å². The lowest BCUT2D eigenvalue weighted by molar-refractivity contribution is -0.118. The van der Waals surface area contributed by atoms with E-state index in [1.54, 1.807) is 0 Å². The van der Waals surface area contributed by atoms with E-state index in [-0.39, 0.29) is 11.8 Å². The maximum atomic E-state index is 12.5. The van der Waals surface area contributed by atoms with Crippen LogP contribution in [-0.2, 0) is 35.5 Å². The first-order valence-corrected chi connectivity index (χ1v) is 12.6. The minimum Gasteiger partial charge on any atom is -0.325 e. The largest absolute Gasteiger partial charge is 0.325 e. The van der Waals surface area contributed by atoms with Crippen molar-refractivity contribution in [2.75, 3.05) is 37.8 Å². The number of hydrogen-bond acceptors (Lipinski definition) is 4. The highest BCUT2D eigenvalue weighted by Crippen LogP contribution is 2.17. The summed E-state index contributed by atoms with van der Waals surface area (Å²) in [5.74, 6) is -0.0343. The molecule has 0 aliphatic heterocycles. The molecule has 6 heteroatoms. The minimum absolute atomic E-state index is 0.0171. The number of para-hydroxylation sites is 2. The van der Waals surface area contributed by atoms with E-state index in [1.165, 1.54) is 0 Å². The number of anilines is 2. The summed E-state index contributed by atoms with van der Waals surface area (Å²) in [7, 11) is 3.89. The van der Waals surface area contributed by atoms with Crippen LogP contribution in [0.4, 0.5) is 11.4 Å². The van der Waals surface area contributed by atoms with Gasteiger partial charge in [-0.25, -0.2) is 0 Å². The number of benzene rings is 3. The molecular formula is C30H38N4O2. The van der Waals surface area contributed by atoms with E-state index < -0.39 is 0 Å². The molecule has 0 saturated carbocycles. The number of amides is 2. The molecule has 0 saturated heterocycles. The molecule has 0 heterocycles. The second-order valence-corrected chi connectivity index (χ2v) is 9.28. The number of aryl methyl sites for hydroxylation is 2. The topological polar surface area (TPSA) is 64.7 Å². The fourth-order valence-electron chi connectivity index (χ4n) is 4.26. The Bertz CT molecular complexity index is 1050. The Labute approximate surface area is 215 Å². The third-order valence-corrected chi connectivity index (χ3v) is 6.10. The summed E-state index contributed by atoms with van der Waals surface area (Å²) >= 11 is 0. The van der Waals surface area contributed by atoms with E-state index in [2.05, 4.69) is 48.7 Å². The van der Waals surface area contributed by atoms with Crippen LogP contribution < -0.4 is 10.6 Å². The molecule has 0 fully saturated rings. The van der Waals surface area contributed by atoms with Gasteiger partial charge in [0.2, 0.25) is 11.8 Å². The van der Waals surface area contributed by atoms with Gasteiger partial charge in [0, 0.05) is 24.5 Å². The van der Waals surface area contributed by atoms with E-state index in [0.29, 0.717) is 26.2 Å². The van der Waals surface area contributed by atoms with Crippen molar-refractivity contribution in [3.05, 3.63) is 95.1 Å². The molecule has 190 valence electrons. The average molecular weight is 487 g/mol. The summed E-state index contributed by atoms with van der Waals surface area (Å²) < 4.78 is 0. The highest BCUT2D eigenvalue weighted by molar-refractivity contribution is 5.93. The SMILES string of the molecule is CCc1ccccc1NC(=O)CN(C)Cc1ccc(CN(C)CC(=O)Nc2ccccc2CC)cc1. The maximum absolute atomic E-state index is 12.5. The monoisotopic (exact) mass is 486 g/mol. The maximum Gasteiger partial charge on any atom is 0.238 e. The second-order valence-electron chi connectivity index (χ2n) is 9.28. The van der Waals surface area contributed by atoms with Gasteiger partial charge in [0.1, 0.15) is 0 Å². The van der Waals surface area contributed by atoms with Crippen LogP contribution in [0.5, 0.6) is 0 Å². The molecule has 0 spiro atoms. The van der Waals surface area contributed by atoms with E-state index in [0.717, 1.165) is 46.5 Å². The van der Waals surface area contributed by atoms with Gasteiger partial charge < -0.3 is 10.6 Å². The van der Waals surface area contributed by atoms with Crippen molar-refractivity contribution < 1.29 is 9.59 Å². The van der Waals surface area contributed by atoms with E-state index in [4.69, 9.17) is 0 Å². The summed E-state index contributed by atoms with van der Waals surface area (Å²) in [6.07, 6.45) is 1.76. The van der Waals surface area contributed by atoms with Crippen molar-refractivity contribution >= 4 is 23.2 Å². The molecule has 0 unspecified atom stereocenters. The van der Waals surface area contributed by atoms with Crippen LogP contribution in [0.3, 0.4) is 0 Å². The smallest absolute Gasteiger partial charge is 0.238 e. The van der Waals surface area contributed by atoms with Gasteiger partial charge in [-0.2, -0.15) is 0 Å². The van der Waals surface area contributed by atoms with E-state index in [9.17, 15) is 9.59 Å². The molecule has 2 amide bonds. The first-order chi connectivity index (χ1) is 17.4. The van der Waals surface area contributed by atoms with Crippen molar-refractivity contribution in [2.45, 2.75) is 39.8 Å². The molecule has 2 N–H and O–H groups in total. The molecule has 0 bridgehead atoms. The van der Waals surface area contributed by atoms with E-state index >= 15 is 0 Å². The van der Waals surface area contributed by atoms with Gasteiger partial charge in [0.25, 0.3) is 0 Å². The van der Waals surface area contributed by atoms with Crippen molar-refractivity contribution in [3.63, 3.8) is 0 Å². The molecule has 0 aliphatic carbocycles. The molecule has 0 atom stereocenters. The van der Waals surface area contributed by atoms with Crippen LogP contribution in [0.15, 0.2) is 72.8 Å². The Morgan fingerprint density at radius 3 is 1.33 bits per heavy atom. The van der Waals surface area contributed by atoms with Crippen LogP contribution in [0, 0.1) is 0 Å². The Balaban J connectivity index is 1.45. The number of rotatable bonds is 12. The average Bonchev–Trinajstić information content (AvgIpc) is 2.85. The lowest BCUT2D eigenvalue weighted by atomic mass is 10.1. The van der Waals surface area contributed by atoms with Gasteiger partial charge >= 0.3 is 0 Å². The van der Waals surface area contributed by atoms with Gasteiger partial charge in [-0.15, -0.1) is 0 Å². The molecule has 36 heavy (non-hydrogen) atoms. The fraction of sp³-hybridized carbons (Fsp3) is 0.333. The number of hydrogen-bond donors (Lipinski definition) is 2. The van der Waals surface area contributed by atoms with Gasteiger partial charge in [-0.05, 0) is 61.3 Å². The third-order valence-electron chi connectivity index (χ3n) is 6.10. The van der Waals surface area contributed by atoms with Gasteiger partial charge in [0.05, 0.1) is 13.1 Å². The van der Waals surface area contributed by atoms with Crippen LogP contribution in [0.1, 0.15) is 36.1 Å². The van der Waals surface area contributed by atoms with Crippen LogP contribution >= 0.6 is 0 Å². The zero-order valence-corrected chi connectivity index (χ0v) is 21.9. The summed E-state index contributed by atoms with van der Waals surface area (Å²) in [5, 5.41) is 6.05. The van der Waals surface area contributed by atoms with Gasteiger partial charge in [-0.1, -0.05) is 74.5 Å². The quantitative estimate of drug-likeness (QED) is 0.380. The zero-order chi connectivity index (χ0) is 25.9. The molecule has 0 radical (unpaired) electrons. The second kappa shape index (κ2) is 13.6. The van der Waals surface area contributed by atoms with Crippen LogP contribution in [0.25, 0.3) is 0 Å². The summed E-state index contributed by atoms with van der Waals surface area (Å²) in [4.78, 5) is 29.0. The summed E-state index contributed by atoms with van der Waals surface area (Å²) in [5.41, 5.74) is 6.32. The summed E-state index contributed by atoms with van der Waals surface area (Å²) in [6.45, 7) is 6.16. The van der Waals surface area contributed by atoms with Crippen molar-refractivity contribution in [1.82, 2.24) is 9.80 Å². The van der Waals surface area contributed by atoms with Crippen LogP contribution in [-0.4, -0.2) is 48.8 Å². The Hall–Kier alpha value is -3.48. The van der Waals surface area contributed by atoms with Crippen molar-refractivity contribution in [3.8, 4) is 0 Å². The van der Waals surface area contributed by atoms with Gasteiger partial charge in [-0.3, -0.25) is 19.4 Å². The highest BCUT2D eigenvalue weighted by Gasteiger charge is 2.11. The minimum atomic E-state index is -0.0171. The predicted molar refractivity (Wildman–Crippen MR) is 148 cm³/mol. The lowest BCUT2D eigenvalue weighted by Gasteiger charge is -2.19. The summed E-state index contributed by atoms with van der Waals surface area (Å²) in [6, 6.07) is 24.2. The number of carbonyl (C=O) groups is 2. The normalized spacial score (nSPS) is 11.1. The third kappa shape index (κ3) is 8.33. The number of carbonyl (C=O) groups excluding carboxylic acids is 2. The van der Waals surface area contributed by atoms with Gasteiger partial charge in [0.15, 0.2) is 0 Å². The first-order valence-electron chi connectivity index (χ1n) is 12.6. The number of likely N-dealkylation sites (N-methyl/N-ethyl adjacent to an activating group) is 2. The Morgan fingerprint density at radius 1 is 0.611 bits per heavy atom. The predicted octanol–water partition coefficient (Wildman–Crippen LogP) is 4.95. The van der Waals surface area contributed by atoms with E-state index in [1.807, 2.05) is 72.4 Å². The molecule has 3 aromatic rings. The first kappa shape index (κ1) is 27.1. The van der Waals surface area contributed by atoms with Crippen molar-refractivity contribution in [2.24, 2.45) is 0 Å².